The standard InChI is InChI=1S/C21H31FN4O/c1-15(2)26(16(3)4)21(27)14-25(5)12-6-7-19-13-20(24-23-19)17-8-10-18(22)11-9-17/h8-11,13,15-16H,6-7,12,14H2,1-5H3,(H,23,24). The molecule has 0 radical (unpaired) electrons. The summed E-state index contributed by atoms with van der Waals surface area (Å²) in [4.78, 5) is 16.5. The lowest BCUT2D eigenvalue weighted by atomic mass is 10.1. The number of carbonyl (C=O) groups excluding carboxylic acids is 1. The van der Waals surface area contributed by atoms with Crippen LogP contribution >= 0.6 is 0 Å². The van der Waals surface area contributed by atoms with E-state index in [1.165, 1.54) is 12.1 Å². The first kappa shape index (κ1) is 21.1. The van der Waals surface area contributed by atoms with Gasteiger partial charge in [-0.1, -0.05) is 0 Å². The van der Waals surface area contributed by atoms with Crippen molar-refractivity contribution in [1.82, 2.24) is 20.0 Å². The van der Waals surface area contributed by atoms with Gasteiger partial charge in [0.1, 0.15) is 5.82 Å². The summed E-state index contributed by atoms with van der Waals surface area (Å²) in [6.45, 7) is 9.47. The van der Waals surface area contributed by atoms with Crippen LogP contribution in [0.3, 0.4) is 0 Å². The molecule has 1 aromatic heterocycles. The predicted molar refractivity (Wildman–Crippen MR) is 107 cm³/mol. The first-order valence-electron chi connectivity index (χ1n) is 9.58. The molecule has 0 aliphatic carbocycles. The molecule has 148 valence electrons. The molecule has 2 aromatic rings. The number of hydrogen-bond acceptors (Lipinski definition) is 3. The van der Waals surface area contributed by atoms with Crippen LogP contribution in [0.2, 0.25) is 0 Å². The van der Waals surface area contributed by atoms with Gasteiger partial charge in [-0.2, -0.15) is 5.10 Å². The van der Waals surface area contributed by atoms with Gasteiger partial charge in [0.2, 0.25) is 5.91 Å². The summed E-state index contributed by atoms with van der Waals surface area (Å²) in [7, 11) is 1.98. The quantitative estimate of drug-likeness (QED) is 0.728. The Labute approximate surface area is 161 Å². The smallest absolute Gasteiger partial charge is 0.237 e. The molecule has 0 spiro atoms. The SMILES string of the molecule is CC(C)N(C(=O)CN(C)CCCc1cc(-c2ccc(F)cc2)n[nH]1)C(C)C. The van der Waals surface area contributed by atoms with Gasteiger partial charge in [0.25, 0.3) is 0 Å². The van der Waals surface area contributed by atoms with Gasteiger partial charge in [0.05, 0.1) is 12.2 Å². The number of nitrogens with one attached hydrogen (secondary N) is 1. The number of carbonyl (C=O) groups is 1. The van der Waals surface area contributed by atoms with Gasteiger partial charge in [-0.3, -0.25) is 14.8 Å². The minimum Gasteiger partial charge on any atom is -0.337 e. The lowest BCUT2D eigenvalue weighted by Gasteiger charge is -2.32. The van der Waals surface area contributed by atoms with Crippen LogP contribution in [0.4, 0.5) is 4.39 Å². The molecule has 0 fully saturated rings. The lowest BCUT2D eigenvalue weighted by Crippen LogP contribution is -2.46. The number of hydrogen-bond donors (Lipinski definition) is 1. The first-order valence-corrected chi connectivity index (χ1v) is 9.58. The zero-order chi connectivity index (χ0) is 20.0. The molecule has 0 bridgehead atoms. The van der Waals surface area contributed by atoms with Gasteiger partial charge in [-0.15, -0.1) is 0 Å². The third kappa shape index (κ3) is 6.17. The lowest BCUT2D eigenvalue weighted by molar-refractivity contribution is -0.135. The van der Waals surface area contributed by atoms with E-state index in [1.807, 2.05) is 18.0 Å². The van der Waals surface area contributed by atoms with E-state index in [-0.39, 0.29) is 23.8 Å². The van der Waals surface area contributed by atoms with E-state index in [4.69, 9.17) is 0 Å². The summed E-state index contributed by atoms with van der Waals surface area (Å²) >= 11 is 0. The fourth-order valence-corrected chi connectivity index (χ4v) is 3.36. The van der Waals surface area contributed by atoms with Crippen molar-refractivity contribution in [3.8, 4) is 11.3 Å². The fraction of sp³-hybridized carbons (Fsp3) is 0.524. The molecule has 0 aliphatic rings. The third-order valence-corrected chi connectivity index (χ3v) is 4.56. The van der Waals surface area contributed by atoms with Crippen LogP contribution in [-0.2, 0) is 11.2 Å². The maximum absolute atomic E-state index is 13.0. The predicted octanol–water partition coefficient (Wildman–Crippen LogP) is 3.73. The zero-order valence-corrected chi connectivity index (χ0v) is 17.0. The van der Waals surface area contributed by atoms with E-state index >= 15 is 0 Å². The van der Waals surface area contributed by atoms with Gasteiger partial charge in [-0.05, 0) is 84.5 Å². The number of likely N-dealkylation sites (N-methyl/N-ethyl adjacent to an activating group) is 1. The maximum atomic E-state index is 13.0. The molecule has 0 saturated heterocycles. The topological polar surface area (TPSA) is 52.2 Å². The van der Waals surface area contributed by atoms with Crippen LogP contribution in [0, 0.1) is 5.82 Å². The van der Waals surface area contributed by atoms with Crippen molar-refractivity contribution >= 4 is 5.91 Å². The van der Waals surface area contributed by atoms with Crippen molar-refractivity contribution in [3.63, 3.8) is 0 Å². The minimum atomic E-state index is -0.249. The molecule has 1 aromatic carbocycles. The average molecular weight is 375 g/mol. The Bertz CT molecular complexity index is 716. The second-order valence-electron chi connectivity index (χ2n) is 7.62. The normalized spacial score (nSPS) is 11.6. The molecule has 0 saturated carbocycles. The summed E-state index contributed by atoms with van der Waals surface area (Å²) < 4.78 is 13.0. The van der Waals surface area contributed by atoms with Crippen LogP contribution in [-0.4, -0.2) is 58.1 Å². The molecule has 2 rings (SSSR count). The van der Waals surface area contributed by atoms with Crippen molar-refractivity contribution in [3.05, 3.63) is 41.8 Å². The third-order valence-electron chi connectivity index (χ3n) is 4.56. The highest BCUT2D eigenvalue weighted by molar-refractivity contribution is 5.78. The van der Waals surface area contributed by atoms with Crippen LogP contribution in [0.15, 0.2) is 30.3 Å². The number of nitrogens with zero attached hydrogens (tertiary/aromatic N) is 3. The van der Waals surface area contributed by atoms with Gasteiger partial charge in [0.15, 0.2) is 0 Å². The fourth-order valence-electron chi connectivity index (χ4n) is 3.36. The van der Waals surface area contributed by atoms with Crippen LogP contribution < -0.4 is 0 Å². The molecule has 0 atom stereocenters. The highest BCUT2D eigenvalue weighted by atomic mass is 19.1. The van der Waals surface area contributed by atoms with Crippen molar-refractivity contribution in [1.29, 1.82) is 0 Å². The van der Waals surface area contributed by atoms with E-state index in [0.717, 1.165) is 36.3 Å². The Kier molecular flexibility index (Phi) is 7.54. The van der Waals surface area contributed by atoms with Crippen molar-refractivity contribution < 1.29 is 9.18 Å². The number of H-pyrrole nitrogens is 1. The number of benzene rings is 1. The average Bonchev–Trinajstić information content (AvgIpc) is 3.03. The van der Waals surface area contributed by atoms with E-state index in [2.05, 4.69) is 42.8 Å². The van der Waals surface area contributed by atoms with E-state index in [0.29, 0.717) is 6.54 Å². The van der Waals surface area contributed by atoms with Crippen molar-refractivity contribution in [2.75, 3.05) is 20.1 Å². The molecule has 1 heterocycles. The van der Waals surface area contributed by atoms with E-state index < -0.39 is 0 Å². The Hall–Kier alpha value is -2.21. The molecule has 0 aliphatic heterocycles. The van der Waals surface area contributed by atoms with Gasteiger partial charge in [0, 0.05) is 23.3 Å². The van der Waals surface area contributed by atoms with Gasteiger partial charge >= 0.3 is 0 Å². The van der Waals surface area contributed by atoms with E-state index in [1.54, 1.807) is 12.1 Å². The molecule has 1 amide bonds. The Morgan fingerprint density at radius 1 is 1.15 bits per heavy atom. The molecular weight excluding hydrogens is 343 g/mol. The number of aromatic nitrogens is 2. The maximum Gasteiger partial charge on any atom is 0.237 e. The number of aromatic amines is 1. The monoisotopic (exact) mass is 374 g/mol. The minimum absolute atomic E-state index is 0.169. The Morgan fingerprint density at radius 2 is 1.78 bits per heavy atom. The van der Waals surface area contributed by atoms with Crippen LogP contribution in [0.5, 0.6) is 0 Å². The Morgan fingerprint density at radius 3 is 2.37 bits per heavy atom. The second-order valence-corrected chi connectivity index (χ2v) is 7.62. The highest BCUT2D eigenvalue weighted by Gasteiger charge is 2.20. The number of aryl methyl sites for hydroxylation is 1. The molecule has 6 heteroatoms. The van der Waals surface area contributed by atoms with Gasteiger partial charge in [-0.25, -0.2) is 4.39 Å². The molecule has 0 unspecified atom stereocenters. The summed E-state index contributed by atoms with van der Waals surface area (Å²) in [5, 5.41) is 7.35. The number of halogens is 1. The van der Waals surface area contributed by atoms with Crippen LogP contribution in [0.1, 0.15) is 39.8 Å². The Balaban J connectivity index is 1.80. The number of rotatable bonds is 9. The molecule has 1 N–H and O–H groups in total. The van der Waals surface area contributed by atoms with Crippen molar-refractivity contribution in [2.24, 2.45) is 0 Å². The highest BCUT2D eigenvalue weighted by Crippen LogP contribution is 2.18. The second kappa shape index (κ2) is 9.65. The largest absolute Gasteiger partial charge is 0.337 e. The van der Waals surface area contributed by atoms with Gasteiger partial charge < -0.3 is 4.90 Å². The summed E-state index contributed by atoms with van der Waals surface area (Å²) in [5.74, 6) is -0.0803. The first-order chi connectivity index (χ1) is 12.8. The molecule has 5 nitrogen and oxygen atoms in total. The molecule has 27 heavy (non-hydrogen) atoms. The summed E-state index contributed by atoms with van der Waals surface area (Å²) in [6, 6.07) is 8.74. The summed E-state index contributed by atoms with van der Waals surface area (Å²) in [5.41, 5.74) is 2.75. The van der Waals surface area contributed by atoms with Crippen molar-refractivity contribution in [2.45, 2.75) is 52.6 Å². The molecular formula is C21H31FN4O. The number of amides is 1. The van der Waals surface area contributed by atoms with Crippen LogP contribution in [0.25, 0.3) is 11.3 Å². The zero-order valence-electron chi connectivity index (χ0n) is 17.0. The summed E-state index contributed by atoms with van der Waals surface area (Å²) in [6.07, 6.45) is 1.78. The van der Waals surface area contributed by atoms with E-state index in [9.17, 15) is 9.18 Å².